The highest BCUT2D eigenvalue weighted by molar-refractivity contribution is 7.91. The smallest absolute Gasteiger partial charge is 0.152 e. The SMILES string of the molecule is CN1CCN(N2CCS(=O)(=O)CC2)CC1. The molecule has 88 valence electrons. The zero-order valence-corrected chi connectivity index (χ0v) is 10.0. The molecule has 0 N–H and O–H groups in total. The van der Waals surface area contributed by atoms with Gasteiger partial charge in [-0.3, -0.25) is 0 Å². The van der Waals surface area contributed by atoms with Crippen molar-refractivity contribution in [3.63, 3.8) is 0 Å². The lowest BCUT2D eigenvalue weighted by atomic mass is 10.4. The largest absolute Gasteiger partial charge is 0.304 e. The van der Waals surface area contributed by atoms with Gasteiger partial charge < -0.3 is 4.90 Å². The maximum Gasteiger partial charge on any atom is 0.152 e. The van der Waals surface area contributed by atoms with Gasteiger partial charge >= 0.3 is 0 Å². The summed E-state index contributed by atoms with van der Waals surface area (Å²) in [7, 11) is -0.621. The number of hydrazine groups is 1. The molecule has 0 aromatic heterocycles. The van der Waals surface area contributed by atoms with E-state index in [9.17, 15) is 8.42 Å². The molecule has 2 heterocycles. The monoisotopic (exact) mass is 233 g/mol. The molecule has 2 aliphatic rings. The molecular formula is C9H19N3O2S. The van der Waals surface area contributed by atoms with Crippen molar-refractivity contribution >= 4 is 9.84 Å². The summed E-state index contributed by atoms with van der Waals surface area (Å²) in [6, 6.07) is 0. The number of hydrogen-bond donors (Lipinski definition) is 0. The van der Waals surface area contributed by atoms with Gasteiger partial charge in [0.1, 0.15) is 0 Å². The Morgan fingerprint density at radius 2 is 1.27 bits per heavy atom. The van der Waals surface area contributed by atoms with Crippen molar-refractivity contribution in [2.75, 3.05) is 57.8 Å². The number of rotatable bonds is 1. The van der Waals surface area contributed by atoms with Crippen LogP contribution in [0.2, 0.25) is 0 Å². The van der Waals surface area contributed by atoms with Crippen molar-refractivity contribution in [2.24, 2.45) is 0 Å². The van der Waals surface area contributed by atoms with Crippen LogP contribution in [0.5, 0.6) is 0 Å². The van der Waals surface area contributed by atoms with Gasteiger partial charge in [-0.1, -0.05) is 0 Å². The van der Waals surface area contributed by atoms with Crippen molar-refractivity contribution < 1.29 is 8.42 Å². The molecule has 0 amide bonds. The van der Waals surface area contributed by atoms with Crippen LogP contribution in [0.15, 0.2) is 0 Å². The highest BCUT2D eigenvalue weighted by Crippen LogP contribution is 2.09. The normalized spacial score (nSPS) is 30.5. The standard InChI is InChI=1S/C9H19N3O2S/c1-10-2-4-11(5-3-10)12-6-8-15(13,14)9-7-12/h2-9H2,1H3. The molecule has 2 rings (SSSR count). The maximum atomic E-state index is 11.3. The summed E-state index contributed by atoms with van der Waals surface area (Å²) in [6.07, 6.45) is 0. The molecule has 0 saturated carbocycles. The van der Waals surface area contributed by atoms with Crippen LogP contribution in [-0.4, -0.2) is 81.2 Å². The molecule has 2 fully saturated rings. The van der Waals surface area contributed by atoms with Crippen LogP contribution in [0.4, 0.5) is 0 Å². The van der Waals surface area contributed by atoms with E-state index in [1.54, 1.807) is 0 Å². The van der Waals surface area contributed by atoms with Gasteiger partial charge in [0.25, 0.3) is 0 Å². The Bertz CT molecular complexity index is 295. The van der Waals surface area contributed by atoms with Crippen molar-refractivity contribution in [3.05, 3.63) is 0 Å². The molecule has 5 nitrogen and oxygen atoms in total. The molecule has 0 aliphatic carbocycles. The average Bonchev–Trinajstić information content (AvgIpc) is 2.20. The molecule has 0 bridgehead atoms. The molecule has 2 aliphatic heterocycles. The number of piperazine rings is 1. The highest BCUT2D eigenvalue weighted by atomic mass is 32.2. The second-order valence-electron chi connectivity index (χ2n) is 4.36. The Hall–Kier alpha value is -0.170. The first-order chi connectivity index (χ1) is 7.07. The third-order valence-corrected chi connectivity index (χ3v) is 4.81. The Morgan fingerprint density at radius 1 is 0.800 bits per heavy atom. The summed E-state index contributed by atoms with van der Waals surface area (Å²) in [6.45, 7) is 5.54. The van der Waals surface area contributed by atoms with Gasteiger partial charge in [-0.2, -0.15) is 0 Å². The molecule has 0 atom stereocenters. The third-order valence-electron chi connectivity index (χ3n) is 3.20. The van der Waals surface area contributed by atoms with Gasteiger partial charge in [0.05, 0.1) is 11.5 Å². The fourth-order valence-electron chi connectivity index (χ4n) is 2.06. The zero-order chi connectivity index (χ0) is 10.9. The summed E-state index contributed by atoms with van der Waals surface area (Å²) in [5.74, 6) is 0.638. The summed E-state index contributed by atoms with van der Waals surface area (Å²) in [4.78, 5) is 2.30. The van der Waals surface area contributed by atoms with Gasteiger partial charge in [0.2, 0.25) is 0 Å². The van der Waals surface area contributed by atoms with Gasteiger partial charge in [0.15, 0.2) is 9.84 Å². The minimum absolute atomic E-state index is 0.319. The number of hydrogen-bond acceptors (Lipinski definition) is 5. The summed E-state index contributed by atoms with van der Waals surface area (Å²) in [5.41, 5.74) is 0. The molecule has 15 heavy (non-hydrogen) atoms. The van der Waals surface area contributed by atoms with E-state index in [1.807, 2.05) is 0 Å². The van der Waals surface area contributed by atoms with Crippen LogP contribution in [0.1, 0.15) is 0 Å². The Morgan fingerprint density at radius 3 is 1.80 bits per heavy atom. The van der Waals surface area contributed by atoms with E-state index >= 15 is 0 Å². The van der Waals surface area contributed by atoms with Gasteiger partial charge in [0, 0.05) is 39.3 Å². The van der Waals surface area contributed by atoms with Crippen LogP contribution >= 0.6 is 0 Å². The van der Waals surface area contributed by atoms with E-state index in [1.165, 1.54) is 0 Å². The molecule has 6 heteroatoms. The van der Waals surface area contributed by atoms with Crippen LogP contribution in [0.3, 0.4) is 0 Å². The van der Waals surface area contributed by atoms with Gasteiger partial charge in [-0.05, 0) is 7.05 Å². The number of nitrogens with zero attached hydrogens (tertiary/aromatic N) is 3. The third kappa shape index (κ3) is 2.90. The van der Waals surface area contributed by atoms with E-state index in [0.717, 1.165) is 26.2 Å². The lowest BCUT2D eigenvalue weighted by molar-refractivity contribution is -0.0472. The predicted molar refractivity (Wildman–Crippen MR) is 59.3 cm³/mol. The number of sulfone groups is 1. The van der Waals surface area contributed by atoms with Crippen LogP contribution < -0.4 is 0 Å². The molecule has 2 saturated heterocycles. The van der Waals surface area contributed by atoms with E-state index < -0.39 is 9.84 Å². The summed E-state index contributed by atoms with van der Waals surface area (Å²) < 4.78 is 22.6. The van der Waals surface area contributed by atoms with Gasteiger partial charge in [-0.25, -0.2) is 18.4 Å². The maximum absolute atomic E-state index is 11.3. The fourth-order valence-corrected chi connectivity index (χ4v) is 3.25. The average molecular weight is 233 g/mol. The van der Waals surface area contributed by atoms with E-state index in [4.69, 9.17) is 0 Å². The molecule has 0 radical (unpaired) electrons. The van der Waals surface area contributed by atoms with Crippen molar-refractivity contribution in [2.45, 2.75) is 0 Å². The van der Waals surface area contributed by atoms with Crippen LogP contribution in [0, 0.1) is 0 Å². The van der Waals surface area contributed by atoms with Crippen molar-refractivity contribution in [1.82, 2.24) is 14.9 Å². The first-order valence-corrected chi connectivity index (χ1v) is 7.28. The first kappa shape index (κ1) is 11.3. The second-order valence-corrected chi connectivity index (χ2v) is 6.67. The Balaban J connectivity index is 1.86. The molecule has 0 aromatic rings. The molecule has 0 aromatic carbocycles. The Kier molecular flexibility index (Phi) is 3.30. The predicted octanol–water partition coefficient (Wildman–Crippen LogP) is -1.12. The second kappa shape index (κ2) is 4.37. The van der Waals surface area contributed by atoms with Gasteiger partial charge in [-0.15, -0.1) is 0 Å². The summed E-state index contributed by atoms with van der Waals surface area (Å²) >= 11 is 0. The Labute approximate surface area is 91.5 Å². The highest BCUT2D eigenvalue weighted by Gasteiger charge is 2.27. The lowest BCUT2D eigenvalue weighted by Gasteiger charge is -2.41. The van der Waals surface area contributed by atoms with E-state index in [2.05, 4.69) is 22.0 Å². The topological polar surface area (TPSA) is 43.9 Å². The molecular weight excluding hydrogens is 214 g/mol. The number of likely N-dealkylation sites (N-methyl/N-ethyl adjacent to an activating group) is 1. The first-order valence-electron chi connectivity index (χ1n) is 5.46. The van der Waals surface area contributed by atoms with E-state index in [-0.39, 0.29) is 0 Å². The molecule has 0 spiro atoms. The van der Waals surface area contributed by atoms with Crippen LogP contribution in [0.25, 0.3) is 0 Å². The van der Waals surface area contributed by atoms with Crippen molar-refractivity contribution in [1.29, 1.82) is 0 Å². The minimum atomic E-state index is -2.74. The zero-order valence-electron chi connectivity index (χ0n) is 9.22. The van der Waals surface area contributed by atoms with E-state index in [0.29, 0.717) is 24.6 Å². The molecule has 0 unspecified atom stereocenters. The quantitative estimate of drug-likeness (QED) is 0.574. The summed E-state index contributed by atoms with van der Waals surface area (Å²) in [5, 5.41) is 4.50. The minimum Gasteiger partial charge on any atom is -0.304 e. The van der Waals surface area contributed by atoms with Crippen molar-refractivity contribution in [3.8, 4) is 0 Å². The fraction of sp³-hybridized carbons (Fsp3) is 1.00. The lowest BCUT2D eigenvalue weighted by Crippen LogP contribution is -2.56. The van der Waals surface area contributed by atoms with Crippen LogP contribution in [-0.2, 0) is 9.84 Å².